The summed E-state index contributed by atoms with van der Waals surface area (Å²) in [7, 11) is -2.05. The highest BCUT2D eigenvalue weighted by Gasteiger charge is 2.58. The zero-order chi connectivity index (χ0) is 39.2. The standard InChI is InChI=1S/C38H66N6O7S/c1-11-13-17-27(30(45)33(47)39-22-12-2)40-32(46)29-25-18-21-37(6,7)26(25)23-44(29)34(48)31(38(8)19-15-14-16-20-38)42-35(49)41-28(36(3,4)5)24-43(9)52(10,50)51/h12,25-29,31H,2,11,13-24H2,1,3-10H3,(H,39,47)(H,40,46)(H2,41,42,49)/t25-,26-,27?,28+,29-,31+/m0/s1. The molecule has 0 radical (unpaired) electrons. The maximum atomic E-state index is 15.0. The van der Waals surface area contributed by atoms with Crippen LogP contribution in [0.4, 0.5) is 4.79 Å². The number of unbranched alkanes of at least 4 members (excludes halogenated alkanes) is 1. The number of Topliss-reactive ketones (excluding diaryl/α,β-unsaturated/α-hetero) is 1. The van der Waals surface area contributed by atoms with E-state index in [9.17, 15) is 27.6 Å². The van der Waals surface area contributed by atoms with Gasteiger partial charge in [-0.15, -0.1) is 6.58 Å². The normalized spacial score (nSPS) is 24.3. The van der Waals surface area contributed by atoms with Crippen molar-refractivity contribution in [3.05, 3.63) is 12.7 Å². The Morgan fingerprint density at radius 3 is 2.19 bits per heavy atom. The number of hydrogen-bond acceptors (Lipinski definition) is 7. The first-order valence-corrected chi connectivity index (χ1v) is 20.9. The van der Waals surface area contributed by atoms with Gasteiger partial charge in [-0.05, 0) is 60.2 Å². The number of likely N-dealkylation sites (tertiary alicyclic amines) is 1. The fraction of sp³-hybridized carbons (Fsp3) is 0.816. The molecule has 1 saturated heterocycles. The molecule has 1 heterocycles. The lowest BCUT2D eigenvalue weighted by Crippen LogP contribution is -2.63. The van der Waals surface area contributed by atoms with E-state index in [4.69, 9.17) is 0 Å². The van der Waals surface area contributed by atoms with Crippen LogP contribution >= 0.6 is 0 Å². The average Bonchev–Trinajstić information content (AvgIpc) is 3.59. The van der Waals surface area contributed by atoms with Crippen molar-refractivity contribution >= 4 is 39.6 Å². The average molecular weight is 751 g/mol. The van der Waals surface area contributed by atoms with Crippen LogP contribution in [0.2, 0.25) is 0 Å². The molecule has 3 aliphatic rings. The van der Waals surface area contributed by atoms with Crippen LogP contribution in [-0.2, 0) is 29.2 Å². The summed E-state index contributed by atoms with van der Waals surface area (Å²) in [5.41, 5.74) is -1.24. The van der Waals surface area contributed by atoms with E-state index < -0.39 is 68.6 Å². The second kappa shape index (κ2) is 17.4. The third kappa shape index (κ3) is 10.6. The zero-order valence-electron chi connectivity index (χ0n) is 33.1. The number of amides is 5. The number of fused-ring (bicyclic) bond motifs is 1. The number of carbonyl (C=O) groups excluding carboxylic acids is 5. The highest BCUT2D eigenvalue weighted by Crippen LogP contribution is 2.53. The minimum Gasteiger partial charge on any atom is -0.346 e. The van der Waals surface area contributed by atoms with E-state index in [1.807, 2.05) is 34.6 Å². The number of hydrogen-bond donors (Lipinski definition) is 4. The van der Waals surface area contributed by atoms with Gasteiger partial charge < -0.3 is 26.2 Å². The number of carbonyl (C=O) groups is 5. The number of urea groups is 1. The zero-order valence-corrected chi connectivity index (χ0v) is 33.9. The second-order valence-electron chi connectivity index (χ2n) is 17.5. The number of likely N-dealkylation sites (N-methyl/N-ethyl adjacent to an activating group) is 1. The van der Waals surface area contributed by atoms with E-state index in [1.54, 1.807) is 4.90 Å². The topological polar surface area (TPSA) is 174 Å². The van der Waals surface area contributed by atoms with Crippen LogP contribution in [0.15, 0.2) is 12.7 Å². The van der Waals surface area contributed by atoms with Crippen molar-refractivity contribution in [2.45, 2.75) is 137 Å². The van der Waals surface area contributed by atoms with Gasteiger partial charge in [0.15, 0.2) is 0 Å². The molecule has 3 rings (SSSR count). The minimum absolute atomic E-state index is 0.0262. The van der Waals surface area contributed by atoms with Gasteiger partial charge in [-0.2, -0.15) is 0 Å². The fourth-order valence-electron chi connectivity index (χ4n) is 8.34. The Morgan fingerprint density at radius 2 is 1.63 bits per heavy atom. The minimum atomic E-state index is -3.51. The summed E-state index contributed by atoms with van der Waals surface area (Å²) in [6, 6.07) is -4.03. The molecule has 1 aliphatic heterocycles. The molecule has 0 aromatic heterocycles. The molecule has 1 unspecified atom stereocenters. The van der Waals surface area contributed by atoms with Crippen molar-refractivity contribution in [3.63, 3.8) is 0 Å². The number of nitrogens with one attached hydrogen (secondary N) is 4. The second-order valence-corrected chi connectivity index (χ2v) is 19.6. The van der Waals surface area contributed by atoms with Gasteiger partial charge in [0, 0.05) is 32.7 Å². The van der Waals surface area contributed by atoms with E-state index in [1.165, 1.54) is 17.4 Å². The van der Waals surface area contributed by atoms with Crippen LogP contribution in [-0.4, -0.2) is 104 Å². The predicted molar refractivity (Wildman–Crippen MR) is 203 cm³/mol. The lowest BCUT2D eigenvalue weighted by Gasteiger charge is -2.43. The summed E-state index contributed by atoms with van der Waals surface area (Å²) in [5, 5.41) is 11.4. The summed E-state index contributed by atoms with van der Waals surface area (Å²) in [6.45, 7) is 18.1. The first-order valence-electron chi connectivity index (χ1n) is 19.1. The molecule has 6 atom stereocenters. The Bertz CT molecular complexity index is 1440. The van der Waals surface area contributed by atoms with Crippen molar-refractivity contribution < 1.29 is 32.4 Å². The fourth-order valence-corrected chi connectivity index (χ4v) is 8.76. The van der Waals surface area contributed by atoms with E-state index in [-0.39, 0.29) is 42.7 Å². The Morgan fingerprint density at radius 1 is 1.00 bits per heavy atom. The molecule has 13 nitrogen and oxygen atoms in total. The summed E-state index contributed by atoms with van der Waals surface area (Å²) in [5.74, 6) is -2.45. The molecule has 2 saturated carbocycles. The van der Waals surface area contributed by atoms with Crippen molar-refractivity contribution in [3.8, 4) is 0 Å². The molecule has 52 heavy (non-hydrogen) atoms. The molecule has 2 aliphatic carbocycles. The van der Waals surface area contributed by atoms with E-state index in [0.717, 1.165) is 44.8 Å². The summed E-state index contributed by atoms with van der Waals surface area (Å²) in [6.07, 6.45) is 10.1. The van der Waals surface area contributed by atoms with Gasteiger partial charge in [0.25, 0.3) is 5.91 Å². The maximum Gasteiger partial charge on any atom is 0.315 e. The van der Waals surface area contributed by atoms with Crippen LogP contribution < -0.4 is 21.3 Å². The number of sulfonamides is 1. The Labute approximate surface area is 312 Å². The van der Waals surface area contributed by atoms with Crippen molar-refractivity contribution in [1.82, 2.24) is 30.5 Å². The van der Waals surface area contributed by atoms with Crippen LogP contribution in [0.5, 0.6) is 0 Å². The SMILES string of the molecule is C=CCNC(=O)C(=O)C(CCCC)NC(=O)[C@@H]1[C@H]2CCC(C)(C)[C@H]2CN1C(=O)[C@@H](NC(=O)N[C@H](CN(C)S(C)(=O)=O)C(C)(C)C)C1(C)CCCCC1. The molecule has 296 valence electrons. The Balaban J connectivity index is 1.98. The quantitative estimate of drug-likeness (QED) is 0.137. The van der Waals surface area contributed by atoms with Crippen LogP contribution in [0.25, 0.3) is 0 Å². The summed E-state index contributed by atoms with van der Waals surface area (Å²) < 4.78 is 25.7. The third-order valence-corrected chi connectivity index (χ3v) is 13.3. The number of ketones is 1. The Kier molecular flexibility index (Phi) is 14.5. The molecule has 3 fully saturated rings. The van der Waals surface area contributed by atoms with E-state index in [0.29, 0.717) is 25.8 Å². The molecule has 0 aromatic rings. The van der Waals surface area contributed by atoms with Gasteiger partial charge in [-0.3, -0.25) is 19.2 Å². The summed E-state index contributed by atoms with van der Waals surface area (Å²) >= 11 is 0. The van der Waals surface area contributed by atoms with Crippen LogP contribution in [0, 0.1) is 28.1 Å². The van der Waals surface area contributed by atoms with Gasteiger partial charge in [0.2, 0.25) is 27.6 Å². The van der Waals surface area contributed by atoms with Gasteiger partial charge in [-0.25, -0.2) is 17.5 Å². The molecular formula is C38H66N6O7S. The van der Waals surface area contributed by atoms with E-state index >= 15 is 4.79 Å². The highest BCUT2D eigenvalue weighted by atomic mass is 32.2. The molecule has 0 aromatic carbocycles. The molecule has 14 heteroatoms. The first-order chi connectivity index (χ1) is 24.1. The van der Waals surface area contributed by atoms with Gasteiger partial charge in [0.05, 0.1) is 12.3 Å². The highest BCUT2D eigenvalue weighted by molar-refractivity contribution is 7.88. The number of nitrogens with zero attached hydrogens (tertiary/aromatic N) is 2. The maximum absolute atomic E-state index is 15.0. The number of rotatable bonds is 16. The smallest absolute Gasteiger partial charge is 0.315 e. The molecule has 5 amide bonds. The summed E-state index contributed by atoms with van der Waals surface area (Å²) in [4.78, 5) is 70.9. The lowest BCUT2D eigenvalue weighted by molar-refractivity contribution is -0.145. The van der Waals surface area contributed by atoms with Crippen molar-refractivity contribution in [1.29, 1.82) is 0 Å². The van der Waals surface area contributed by atoms with Crippen molar-refractivity contribution in [2.24, 2.45) is 28.1 Å². The van der Waals surface area contributed by atoms with Crippen LogP contribution in [0.3, 0.4) is 0 Å². The van der Waals surface area contributed by atoms with Gasteiger partial charge in [0.1, 0.15) is 12.1 Å². The largest absolute Gasteiger partial charge is 0.346 e. The lowest BCUT2D eigenvalue weighted by atomic mass is 9.70. The molecular weight excluding hydrogens is 685 g/mol. The van der Waals surface area contributed by atoms with Gasteiger partial charge >= 0.3 is 6.03 Å². The van der Waals surface area contributed by atoms with E-state index in [2.05, 4.69) is 41.7 Å². The third-order valence-electron chi connectivity index (χ3n) is 12.0. The molecule has 4 N–H and O–H groups in total. The monoisotopic (exact) mass is 750 g/mol. The van der Waals surface area contributed by atoms with Gasteiger partial charge in [-0.1, -0.05) is 86.6 Å². The first kappa shape index (κ1) is 43.4. The van der Waals surface area contributed by atoms with Crippen molar-refractivity contribution in [2.75, 3.05) is 32.9 Å². The predicted octanol–water partition coefficient (Wildman–Crippen LogP) is 3.74. The van der Waals surface area contributed by atoms with Crippen LogP contribution in [0.1, 0.15) is 113 Å². The molecule has 0 spiro atoms. The molecule has 0 bridgehead atoms. The Hall–Kier alpha value is -3.00.